The van der Waals surface area contributed by atoms with E-state index in [1.165, 1.54) is 0 Å². The third-order valence-corrected chi connectivity index (χ3v) is 6.93. The van der Waals surface area contributed by atoms with Crippen LogP contribution in [0.15, 0.2) is 47.0 Å². The highest BCUT2D eigenvalue weighted by molar-refractivity contribution is 5.98. The van der Waals surface area contributed by atoms with Crippen LogP contribution >= 0.6 is 0 Å². The van der Waals surface area contributed by atoms with E-state index < -0.39 is 0 Å². The van der Waals surface area contributed by atoms with Crippen molar-refractivity contribution < 1.29 is 14.1 Å². The van der Waals surface area contributed by atoms with Crippen LogP contribution in [0.2, 0.25) is 0 Å². The van der Waals surface area contributed by atoms with Gasteiger partial charge in [-0.2, -0.15) is 4.98 Å². The predicted molar refractivity (Wildman–Crippen MR) is 134 cm³/mol. The largest absolute Gasteiger partial charge is 0.338 e. The number of rotatable bonds is 6. The molecule has 0 spiro atoms. The Bertz CT molecular complexity index is 1240. The maximum Gasteiger partial charge on any atom is 0.241 e. The number of hydrogen-bond acceptors (Lipinski definition) is 6. The molecule has 2 aliphatic heterocycles. The van der Waals surface area contributed by atoms with Crippen LogP contribution in [-0.2, 0) is 16.1 Å². The third-order valence-electron chi connectivity index (χ3n) is 6.93. The summed E-state index contributed by atoms with van der Waals surface area (Å²) in [4.78, 5) is 33.9. The summed E-state index contributed by atoms with van der Waals surface area (Å²) in [6.07, 6.45) is 3.22. The molecule has 1 unspecified atom stereocenters. The molecule has 182 valence electrons. The molecule has 35 heavy (non-hydrogen) atoms. The molecule has 0 aliphatic carbocycles. The zero-order valence-electron chi connectivity index (χ0n) is 20.3. The van der Waals surface area contributed by atoms with Gasteiger partial charge < -0.3 is 14.7 Å². The standard InChI is InChI=1S/C27H31N5O3/c1-18-7-3-4-9-22(18)26-29-24(35-30-26)17-31-13-5-8-20(16-31)27(34)28-21-12-11-19(2)23(15-21)32-14-6-10-25(32)33/h3-4,7,9,11-12,15,20H,5-6,8,10,13-14,16-17H2,1-2H3,(H,28,34). The molecule has 2 fully saturated rings. The second-order valence-electron chi connectivity index (χ2n) is 9.54. The number of amides is 2. The lowest BCUT2D eigenvalue weighted by atomic mass is 9.97. The van der Waals surface area contributed by atoms with Crippen molar-refractivity contribution in [2.24, 2.45) is 5.92 Å². The fraction of sp³-hybridized carbons (Fsp3) is 0.407. The van der Waals surface area contributed by atoms with Crippen molar-refractivity contribution in [2.45, 2.75) is 46.1 Å². The van der Waals surface area contributed by atoms with E-state index in [-0.39, 0.29) is 17.7 Å². The fourth-order valence-corrected chi connectivity index (χ4v) is 4.98. The number of hydrogen-bond donors (Lipinski definition) is 1. The zero-order valence-corrected chi connectivity index (χ0v) is 20.3. The van der Waals surface area contributed by atoms with E-state index in [0.29, 0.717) is 31.2 Å². The van der Waals surface area contributed by atoms with Crippen molar-refractivity contribution in [3.8, 4) is 11.4 Å². The molecular formula is C27H31N5O3. The lowest BCUT2D eigenvalue weighted by Crippen LogP contribution is -2.40. The van der Waals surface area contributed by atoms with Gasteiger partial charge in [-0.25, -0.2) is 0 Å². The summed E-state index contributed by atoms with van der Waals surface area (Å²) in [5, 5.41) is 7.23. The van der Waals surface area contributed by atoms with E-state index in [9.17, 15) is 9.59 Å². The van der Waals surface area contributed by atoms with Crippen LogP contribution in [0.25, 0.3) is 11.4 Å². The number of aryl methyl sites for hydroxylation is 2. The van der Waals surface area contributed by atoms with E-state index in [4.69, 9.17) is 4.52 Å². The summed E-state index contributed by atoms with van der Waals surface area (Å²) in [6, 6.07) is 13.8. The van der Waals surface area contributed by atoms with Crippen molar-refractivity contribution in [3.63, 3.8) is 0 Å². The minimum Gasteiger partial charge on any atom is -0.338 e. The molecule has 0 saturated carbocycles. The Morgan fingerprint density at radius 2 is 1.97 bits per heavy atom. The number of aromatic nitrogens is 2. The minimum atomic E-state index is -0.124. The number of likely N-dealkylation sites (tertiary alicyclic amines) is 1. The van der Waals surface area contributed by atoms with Gasteiger partial charge in [0, 0.05) is 36.4 Å². The Kier molecular flexibility index (Phi) is 6.63. The molecule has 8 heteroatoms. The first-order valence-corrected chi connectivity index (χ1v) is 12.3. The normalized spacial score (nSPS) is 18.7. The molecule has 8 nitrogen and oxygen atoms in total. The SMILES string of the molecule is Cc1ccccc1-c1noc(CN2CCCC(C(=O)Nc3ccc(C)c(N4CCCC4=O)c3)C2)n1. The number of carbonyl (C=O) groups excluding carboxylic acids is 2. The summed E-state index contributed by atoms with van der Waals surface area (Å²) in [5.74, 6) is 1.17. The maximum absolute atomic E-state index is 13.1. The molecule has 1 aromatic heterocycles. The van der Waals surface area contributed by atoms with Gasteiger partial charge in [-0.15, -0.1) is 0 Å². The fourth-order valence-electron chi connectivity index (χ4n) is 4.98. The van der Waals surface area contributed by atoms with Gasteiger partial charge in [0.2, 0.25) is 23.5 Å². The quantitative estimate of drug-likeness (QED) is 0.573. The van der Waals surface area contributed by atoms with E-state index in [1.807, 2.05) is 61.2 Å². The average molecular weight is 474 g/mol. The average Bonchev–Trinajstić information content (AvgIpc) is 3.49. The summed E-state index contributed by atoms with van der Waals surface area (Å²) in [5.41, 5.74) is 4.71. The molecular weight excluding hydrogens is 442 g/mol. The number of benzene rings is 2. The molecule has 0 bridgehead atoms. The van der Waals surface area contributed by atoms with E-state index in [2.05, 4.69) is 20.4 Å². The van der Waals surface area contributed by atoms with Crippen LogP contribution in [-0.4, -0.2) is 46.5 Å². The maximum atomic E-state index is 13.1. The van der Waals surface area contributed by atoms with Crippen LogP contribution in [0, 0.1) is 19.8 Å². The summed E-state index contributed by atoms with van der Waals surface area (Å²) in [7, 11) is 0. The van der Waals surface area contributed by atoms with Crippen molar-refractivity contribution >= 4 is 23.2 Å². The number of anilines is 2. The molecule has 3 aromatic rings. The lowest BCUT2D eigenvalue weighted by Gasteiger charge is -2.31. The first-order chi connectivity index (χ1) is 17.0. The smallest absolute Gasteiger partial charge is 0.241 e. The van der Waals surface area contributed by atoms with E-state index in [0.717, 1.165) is 60.4 Å². The Morgan fingerprint density at radius 3 is 2.77 bits per heavy atom. The first-order valence-electron chi connectivity index (χ1n) is 12.3. The van der Waals surface area contributed by atoms with Gasteiger partial charge in [0.1, 0.15) is 0 Å². The summed E-state index contributed by atoms with van der Waals surface area (Å²) < 4.78 is 5.51. The molecule has 2 saturated heterocycles. The Hall–Kier alpha value is -3.52. The number of nitrogens with one attached hydrogen (secondary N) is 1. The predicted octanol–water partition coefficient (Wildman–Crippen LogP) is 4.33. The van der Waals surface area contributed by atoms with Crippen molar-refractivity contribution in [2.75, 3.05) is 29.9 Å². The van der Waals surface area contributed by atoms with Crippen LogP contribution in [0.5, 0.6) is 0 Å². The van der Waals surface area contributed by atoms with E-state index in [1.54, 1.807) is 0 Å². The second-order valence-corrected chi connectivity index (χ2v) is 9.54. The summed E-state index contributed by atoms with van der Waals surface area (Å²) in [6.45, 7) is 6.80. The van der Waals surface area contributed by atoms with Gasteiger partial charge in [0.25, 0.3) is 0 Å². The highest BCUT2D eigenvalue weighted by atomic mass is 16.5. The molecule has 1 N–H and O–H groups in total. The number of piperidine rings is 1. The Labute approximate surface area is 205 Å². The molecule has 1 atom stereocenters. The third kappa shape index (κ3) is 5.12. The molecule has 2 amide bonds. The first kappa shape index (κ1) is 23.2. The number of nitrogens with zero attached hydrogens (tertiary/aromatic N) is 4. The van der Waals surface area contributed by atoms with Crippen molar-refractivity contribution in [1.29, 1.82) is 0 Å². The zero-order chi connectivity index (χ0) is 24.4. The van der Waals surface area contributed by atoms with E-state index >= 15 is 0 Å². The van der Waals surface area contributed by atoms with Crippen LogP contribution in [0.1, 0.15) is 42.7 Å². The minimum absolute atomic E-state index is 0.00313. The number of carbonyl (C=O) groups is 2. The van der Waals surface area contributed by atoms with Gasteiger partial charge >= 0.3 is 0 Å². The van der Waals surface area contributed by atoms with Crippen LogP contribution in [0.4, 0.5) is 11.4 Å². The van der Waals surface area contributed by atoms with Gasteiger partial charge in [-0.1, -0.05) is 35.5 Å². The van der Waals surface area contributed by atoms with Gasteiger partial charge in [0.15, 0.2) is 0 Å². The topological polar surface area (TPSA) is 91.6 Å². The molecule has 3 heterocycles. The highest BCUT2D eigenvalue weighted by Crippen LogP contribution is 2.29. The molecule has 2 aromatic carbocycles. The molecule has 0 radical (unpaired) electrons. The van der Waals surface area contributed by atoms with Gasteiger partial charge in [-0.05, 0) is 62.9 Å². The highest BCUT2D eigenvalue weighted by Gasteiger charge is 2.28. The monoisotopic (exact) mass is 473 g/mol. The van der Waals surface area contributed by atoms with Crippen LogP contribution in [0.3, 0.4) is 0 Å². The summed E-state index contributed by atoms with van der Waals surface area (Å²) >= 11 is 0. The van der Waals surface area contributed by atoms with Crippen molar-refractivity contribution in [3.05, 3.63) is 59.5 Å². The molecule has 5 rings (SSSR count). The van der Waals surface area contributed by atoms with Crippen LogP contribution < -0.4 is 10.2 Å². The second kappa shape index (κ2) is 10.00. The van der Waals surface area contributed by atoms with Gasteiger partial charge in [-0.3, -0.25) is 14.5 Å². The Balaban J connectivity index is 1.22. The lowest BCUT2D eigenvalue weighted by molar-refractivity contribution is -0.121. The molecule has 2 aliphatic rings. The Morgan fingerprint density at radius 1 is 1.11 bits per heavy atom. The van der Waals surface area contributed by atoms with Gasteiger partial charge in [0.05, 0.1) is 12.5 Å². The van der Waals surface area contributed by atoms with Crippen molar-refractivity contribution in [1.82, 2.24) is 15.0 Å².